The number of aromatic amines is 1. The van der Waals surface area contributed by atoms with Crippen molar-refractivity contribution in [1.82, 2.24) is 20.0 Å². The first-order chi connectivity index (χ1) is 8.12. The SMILES string of the molecule is CCc1ncc(S(=O)(=O)NCC2CCNC2)[nH]1. The fourth-order valence-corrected chi connectivity index (χ4v) is 2.91. The highest BCUT2D eigenvalue weighted by atomic mass is 32.2. The maximum Gasteiger partial charge on any atom is 0.257 e. The summed E-state index contributed by atoms with van der Waals surface area (Å²) < 4.78 is 26.4. The molecule has 0 saturated carbocycles. The lowest BCUT2D eigenvalue weighted by Gasteiger charge is -2.09. The van der Waals surface area contributed by atoms with Crippen LogP contribution in [-0.2, 0) is 16.4 Å². The molecule has 1 unspecified atom stereocenters. The summed E-state index contributed by atoms with van der Waals surface area (Å²) in [5, 5.41) is 3.36. The first-order valence-corrected chi connectivity index (χ1v) is 7.34. The maximum atomic E-state index is 11.9. The summed E-state index contributed by atoms with van der Waals surface area (Å²) in [5.41, 5.74) is 0. The zero-order valence-electron chi connectivity index (χ0n) is 9.86. The summed E-state index contributed by atoms with van der Waals surface area (Å²) in [6, 6.07) is 0. The van der Waals surface area contributed by atoms with E-state index in [0.29, 0.717) is 24.7 Å². The van der Waals surface area contributed by atoms with Gasteiger partial charge in [0.25, 0.3) is 10.0 Å². The van der Waals surface area contributed by atoms with Crippen molar-refractivity contribution in [3.05, 3.63) is 12.0 Å². The van der Waals surface area contributed by atoms with E-state index in [2.05, 4.69) is 20.0 Å². The molecule has 0 bridgehead atoms. The van der Waals surface area contributed by atoms with E-state index in [1.54, 1.807) is 0 Å². The number of H-pyrrole nitrogens is 1. The molecule has 0 spiro atoms. The number of sulfonamides is 1. The predicted molar refractivity (Wildman–Crippen MR) is 64.1 cm³/mol. The standard InChI is InChI=1S/C10H18N4O2S/c1-2-9-12-7-10(14-9)17(15,16)13-6-8-3-4-11-5-8/h7-8,11,13H,2-6H2,1H3,(H,12,14). The van der Waals surface area contributed by atoms with Gasteiger partial charge in [0, 0.05) is 13.0 Å². The molecule has 2 heterocycles. The molecule has 7 heteroatoms. The quantitative estimate of drug-likeness (QED) is 0.686. The average Bonchev–Trinajstić information content (AvgIpc) is 2.98. The molecule has 1 atom stereocenters. The van der Waals surface area contributed by atoms with Gasteiger partial charge in [-0.3, -0.25) is 0 Å². The summed E-state index contributed by atoms with van der Waals surface area (Å²) in [7, 11) is -3.43. The minimum Gasteiger partial charge on any atom is -0.332 e. The van der Waals surface area contributed by atoms with Crippen molar-refractivity contribution in [2.45, 2.75) is 24.8 Å². The van der Waals surface area contributed by atoms with Crippen LogP contribution in [-0.4, -0.2) is 38.0 Å². The summed E-state index contributed by atoms with van der Waals surface area (Å²) in [6.07, 6.45) is 3.09. The van der Waals surface area contributed by atoms with Gasteiger partial charge in [0.2, 0.25) is 0 Å². The second-order valence-electron chi connectivity index (χ2n) is 4.26. The van der Waals surface area contributed by atoms with Crippen LogP contribution in [0.25, 0.3) is 0 Å². The van der Waals surface area contributed by atoms with Gasteiger partial charge in [0.15, 0.2) is 5.03 Å². The van der Waals surface area contributed by atoms with Crippen molar-refractivity contribution < 1.29 is 8.42 Å². The van der Waals surface area contributed by atoms with Crippen LogP contribution in [0.2, 0.25) is 0 Å². The van der Waals surface area contributed by atoms with Crippen molar-refractivity contribution in [3.63, 3.8) is 0 Å². The van der Waals surface area contributed by atoms with Gasteiger partial charge in [-0.1, -0.05) is 6.92 Å². The third-order valence-electron chi connectivity index (χ3n) is 2.95. The molecular weight excluding hydrogens is 240 g/mol. The summed E-state index contributed by atoms with van der Waals surface area (Å²) in [5.74, 6) is 1.08. The molecule has 6 nitrogen and oxygen atoms in total. The van der Waals surface area contributed by atoms with Crippen LogP contribution in [0.5, 0.6) is 0 Å². The van der Waals surface area contributed by atoms with Crippen LogP contribution < -0.4 is 10.0 Å². The van der Waals surface area contributed by atoms with E-state index < -0.39 is 10.0 Å². The number of rotatable bonds is 5. The van der Waals surface area contributed by atoms with Gasteiger partial charge in [-0.15, -0.1) is 0 Å². The van der Waals surface area contributed by atoms with Gasteiger partial charge in [-0.2, -0.15) is 0 Å². The molecule has 1 aliphatic rings. The van der Waals surface area contributed by atoms with Gasteiger partial charge >= 0.3 is 0 Å². The van der Waals surface area contributed by atoms with Crippen LogP contribution in [0.4, 0.5) is 0 Å². The first kappa shape index (κ1) is 12.5. The molecule has 0 radical (unpaired) electrons. The Kier molecular flexibility index (Phi) is 3.80. The third kappa shape index (κ3) is 3.05. The van der Waals surface area contributed by atoms with Crippen LogP contribution in [0.1, 0.15) is 19.2 Å². The second kappa shape index (κ2) is 5.16. The Balaban J connectivity index is 1.97. The maximum absolute atomic E-state index is 11.9. The molecular formula is C10H18N4O2S. The van der Waals surface area contributed by atoms with E-state index >= 15 is 0 Å². The van der Waals surface area contributed by atoms with E-state index in [-0.39, 0.29) is 5.03 Å². The minimum absolute atomic E-state index is 0.153. The molecule has 96 valence electrons. The third-order valence-corrected chi connectivity index (χ3v) is 4.29. The van der Waals surface area contributed by atoms with Crippen LogP contribution in [0.3, 0.4) is 0 Å². The smallest absolute Gasteiger partial charge is 0.257 e. The summed E-state index contributed by atoms with van der Waals surface area (Å²) in [6.45, 7) is 4.25. The van der Waals surface area contributed by atoms with E-state index in [9.17, 15) is 8.42 Å². The highest BCUT2D eigenvalue weighted by molar-refractivity contribution is 7.89. The van der Waals surface area contributed by atoms with Crippen molar-refractivity contribution >= 4 is 10.0 Å². The minimum atomic E-state index is -3.43. The van der Waals surface area contributed by atoms with E-state index in [0.717, 1.165) is 19.5 Å². The van der Waals surface area contributed by atoms with E-state index in [1.165, 1.54) is 6.20 Å². The van der Waals surface area contributed by atoms with Crippen LogP contribution in [0, 0.1) is 5.92 Å². The predicted octanol–water partition coefficient (Wildman–Crippen LogP) is -0.140. The zero-order valence-corrected chi connectivity index (χ0v) is 10.7. The van der Waals surface area contributed by atoms with Gasteiger partial charge in [-0.25, -0.2) is 18.1 Å². The molecule has 17 heavy (non-hydrogen) atoms. The van der Waals surface area contributed by atoms with E-state index in [1.807, 2.05) is 6.92 Å². The lowest BCUT2D eigenvalue weighted by molar-refractivity contribution is 0.537. The lowest BCUT2D eigenvalue weighted by atomic mass is 10.1. The monoisotopic (exact) mass is 258 g/mol. The Labute approximate surface area is 101 Å². The molecule has 1 saturated heterocycles. The Bertz CT molecular complexity index is 462. The zero-order chi connectivity index (χ0) is 12.3. The van der Waals surface area contributed by atoms with Gasteiger partial charge < -0.3 is 10.3 Å². The van der Waals surface area contributed by atoms with Crippen LogP contribution in [0.15, 0.2) is 11.2 Å². The van der Waals surface area contributed by atoms with Crippen molar-refractivity contribution in [2.75, 3.05) is 19.6 Å². The molecule has 1 aromatic heterocycles. The second-order valence-corrected chi connectivity index (χ2v) is 5.99. The number of nitrogens with one attached hydrogen (secondary N) is 3. The normalized spacial score (nSPS) is 20.9. The number of hydrogen-bond donors (Lipinski definition) is 3. The number of aromatic nitrogens is 2. The molecule has 0 amide bonds. The van der Waals surface area contributed by atoms with Crippen molar-refractivity contribution in [2.24, 2.45) is 5.92 Å². The van der Waals surface area contributed by atoms with Crippen LogP contribution >= 0.6 is 0 Å². The average molecular weight is 258 g/mol. The Morgan fingerprint density at radius 2 is 2.41 bits per heavy atom. The molecule has 0 aliphatic carbocycles. The molecule has 0 aromatic carbocycles. The molecule has 1 fully saturated rings. The Morgan fingerprint density at radius 1 is 1.59 bits per heavy atom. The molecule has 1 aliphatic heterocycles. The van der Waals surface area contributed by atoms with Gasteiger partial charge in [0.1, 0.15) is 5.82 Å². The van der Waals surface area contributed by atoms with Crippen molar-refractivity contribution in [1.29, 1.82) is 0 Å². The summed E-state index contributed by atoms with van der Waals surface area (Å²) in [4.78, 5) is 6.79. The Hall–Kier alpha value is -0.920. The van der Waals surface area contributed by atoms with Crippen molar-refractivity contribution in [3.8, 4) is 0 Å². The number of hydrogen-bond acceptors (Lipinski definition) is 4. The van der Waals surface area contributed by atoms with Gasteiger partial charge in [0.05, 0.1) is 6.20 Å². The highest BCUT2D eigenvalue weighted by Gasteiger charge is 2.20. The fourth-order valence-electron chi connectivity index (χ4n) is 1.85. The lowest BCUT2D eigenvalue weighted by Crippen LogP contribution is -2.30. The molecule has 2 rings (SSSR count). The number of aryl methyl sites for hydroxylation is 1. The Morgan fingerprint density at radius 3 is 3.00 bits per heavy atom. The number of imidazole rings is 1. The molecule has 3 N–H and O–H groups in total. The number of nitrogens with zero attached hydrogens (tertiary/aromatic N) is 1. The topological polar surface area (TPSA) is 86.9 Å². The largest absolute Gasteiger partial charge is 0.332 e. The molecule has 1 aromatic rings. The first-order valence-electron chi connectivity index (χ1n) is 5.86. The fraction of sp³-hybridized carbons (Fsp3) is 0.700. The van der Waals surface area contributed by atoms with E-state index in [4.69, 9.17) is 0 Å². The summed E-state index contributed by atoms with van der Waals surface area (Å²) >= 11 is 0. The van der Waals surface area contributed by atoms with Gasteiger partial charge in [-0.05, 0) is 25.4 Å². The highest BCUT2D eigenvalue weighted by Crippen LogP contribution is 2.09.